The quantitative estimate of drug-likeness (QED) is 0.281. The molecule has 3 rings (SSSR count). The Balaban J connectivity index is 1.39. The number of piperidine rings is 1. The molecule has 1 aromatic rings. The molecular weight excluding hydrogens is 540 g/mol. The van der Waals surface area contributed by atoms with Crippen molar-refractivity contribution in [2.45, 2.75) is 71.6 Å². The topological polar surface area (TPSA) is 163 Å². The van der Waals surface area contributed by atoms with Gasteiger partial charge in [-0.15, -0.1) is 0 Å². The molecule has 2 atom stereocenters. The Hall–Kier alpha value is -3.67. The summed E-state index contributed by atoms with van der Waals surface area (Å²) in [5, 5.41) is 7.87. The van der Waals surface area contributed by atoms with Gasteiger partial charge in [-0.1, -0.05) is 44.2 Å². The Kier molecular flexibility index (Phi) is 11.7. The highest BCUT2D eigenvalue weighted by Crippen LogP contribution is 2.40. The molecule has 0 aromatic heterocycles. The Morgan fingerprint density at radius 3 is 2.12 bits per heavy atom. The Morgan fingerprint density at radius 2 is 1.52 bits per heavy atom. The molecule has 5 N–H and O–H groups in total. The largest absolute Gasteiger partial charge is 0.447 e. The summed E-state index contributed by atoms with van der Waals surface area (Å²) >= 11 is 0. The highest BCUT2D eigenvalue weighted by molar-refractivity contribution is 5.92. The minimum absolute atomic E-state index is 0.0174. The van der Waals surface area contributed by atoms with Gasteiger partial charge in [-0.2, -0.15) is 0 Å². The van der Waals surface area contributed by atoms with E-state index >= 15 is 0 Å². The fraction of sp³-hybridized carbons (Fsp3) is 0.633. The molecule has 2 aliphatic heterocycles. The van der Waals surface area contributed by atoms with Crippen LogP contribution in [0.4, 0.5) is 4.79 Å². The van der Waals surface area contributed by atoms with Crippen molar-refractivity contribution in [1.82, 2.24) is 25.8 Å². The molecule has 0 aliphatic carbocycles. The highest BCUT2D eigenvalue weighted by Gasteiger charge is 2.47. The summed E-state index contributed by atoms with van der Waals surface area (Å²) in [7, 11) is 0. The number of hydrogen-bond donors (Lipinski definition) is 4. The van der Waals surface area contributed by atoms with Crippen LogP contribution in [0, 0.1) is 11.3 Å². The smallest absolute Gasteiger partial charge is 0.410 e. The molecular formula is C30H46N6O6. The van der Waals surface area contributed by atoms with Crippen LogP contribution in [-0.4, -0.2) is 97.0 Å². The number of nitrogens with one attached hydrogen (secondary N) is 3. The molecule has 2 aliphatic rings. The van der Waals surface area contributed by atoms with Crippen molar-refractivity contribution in [3.63, 3.8) is 0 Å². The number of carbonyl (C=O) groups excluding carboxylic acids is 5. The van der Waals surface area contributed by atoms with Crippen LogP contribution in [0.3, 0.4) is 0 Å². The number of rotatable bonds is 12. The third-order valence-corrected chi connectivity index (χ3v) is 7.66. The van der Waals surface area contributed by atoms with E-state index in [4.69, 9.17) is 10.5 Å². The van der Waals surface area contributed by atoms with Crippen molar-refractivity contribution in [3.05, 3.63) is 35.9 Å². The maximum atomic E-state index is 12.9. The van der Waals surface area contributed by atoms with Crippen LogP contribution in [0.5, 0.6) is 0 Å². The molecule has 1 spiro atoms. The average Bonchev–Trinajstić information content (AvgIpc) is 2.92. The number of ether oxygens (including phenoxy) is 1. The molecule has 0 bridgehead atoms. The van der Waals surface area contributed by atoms with Crippen LogP contribution >= 0.6 is 0 Å². The molecule has 1 aromatic carbocycles. The van der Waals surface area contributed by atoms with Crippen LogP contribution in [0.2, 0.25) is 0 Å². The van der Waals surface area contributed by atoms with E-state index < -0.39 is 29.8 Å². The van der Waals surface area contributed by atoms with Crippen molar-refractivity contribution < 1.29 is 28.7 Å². The van der Waals surface area contributed by atoms with Gasteiger partial charge in [0.25, 0.3) is 0 Å². The number of nitrogens with two attached hydrogens (primary N) is 1. The van der Waals surface area contributed by atoms with Crippen molar-refractivity contribution in [2.75, 3.05) is 39.3 Å². The third-order valence-electron chi connectivity index (χ3n) is 7.66. The average molecular weight is 587 g/mol. The Labute approximate surface area is 248 Å². The normalized spacial score (nSPS) is 17.3. The van der Waals surface area contributed by atoms with Crippen LogP contribution in [0.1, 0.15) is 52.5 Å². The number of likely N-dealkylation sites (tertiary alicyclic amines) is 2. The number of benzene rings is 1. The molecule has 2 fully saturated rings. The van der Waals surface area contributed by atoms with E-state index in [1.165, 1.54) is 0 Å². The van der Waals surface area contributed by atoms with E-state index in [2.05, 4.69) is 16.0 Å². The van der Waals surface area contributed by atoms with Crippen molar-refractivity contribution in [1.29, 1.82) is 0 Å². The number of carbonyl (C=O) groups is 5. The first-order valence-corrected chi connectivity index (χ1v) is 14.7. The van der Waals surface area contributed by atoms with Crippen molar-refractivity contribution in [3.8, 4) is 0 Å². The minimum atomic E-state index is -0.851. The molecule has 0 saturated carbocycles. The summed E-state index contributed by atoms with van der Waals surface area (Å²) in [5.74, 6) is -1.52. The van der Waals surface area contributed by atoms with Gasteiger partial charge in [-0.05, 0) is 51.0 Å². The summed E-state index contributed by atoms with van der Waals surface area (Å²) in [4.78, 5) is 66.2. The molecule has 0 radical (unpaired) electrons. The van der Waals surface area contributed by atoms with Crippen LogP contribution in [0.25, 0.3) is 0 Å². The molecule has 5 amide bonds. The van der Waals surface area contributed by atoms with Crippen molar-refractivity contribution in [2.24, 2.45) is 17.1 Å². The van der Waals surface area contributed by atoms with Gasteiger partial charge in [-0.25, -0.2) is 4.79 Å². The molecule has 12 heteroatoms. The molecule has 2 saturated heterocycles. The van der Waals surface area contributed by atoms with Gasteiger partial charge < -0.3 is 36.2 Å². The zero-order chi connectivity index (χ0) is 30.9. The number of hydrogen-bond acceptors (Lipinski definition) is 7. The van der Waals surface area contributed by atoms with E-state index in [0.717, 1.165) is 18.4 Å². The van der Waals surface area contributed by atoms with Gasteiger partial charge in [0.2, 0.25) is 23.6 Å². The lowest BCUT2D eigenvalue weighted by Crippen LogP contribution is -2.62. The van der Waals surface area contributed by atoms with Gasteiger partial charge in [0, 0.05) is 31.6 Å². The Morgan fingerprint density at radius 1 is 0.905 bits per heavy atom. The number of amides is 5. The van der Waals surface area contributed by atoms with Crippen LogP contribution in [-0.2, 0) is 30.3 Å². The summed E-state index contributed by atoms with van der Waals surface area (Å²) in [6.07, 6.45) is 1.82. The van der Waals surface area contributed by atoms with E-state index in [-0.39, 0.29) is 42.5 Å². The SMILES string of the molecule is CC(C)CC(NC(=O)CNC(=O)C(N)Cc1ccccc1)C(=O)NCC(=O)N1CCC2(CC1)CN(C(=O)OC(C)C)C2. The van der Waals surface area contributed by atoms with E-state index in [1.54, 1.807) is 9.80 Å². The minimum Gasteiger partial charge on any atom is -0.447 e. The van der Waals surface area contributed by atoms with E-state index in [0.29, 0.717) is 39.0 Å². The lowest BCUT2D eigenvalue weighted by molar-refractivity contribution is -0.137. The summed E-state index contributed by atoms with van der Waals surface area (Å²) in [6.45, 7) is 9.38. The predicted octanol–water partition coefficient (Wildman–Crippen LogP) is 0.789. The lowest BCUT2D eigenvalue weighted by Gasteiger charge is -2.53. The van der Waals surface area contributed by atoms with E-state index in [9.17, 15) is 24.0 Å². The zero-order valence-electron chi connectivity index (χ0n) is 25.2. The molecule has 12 nitrogen and oxygen atoms in total. The first-order chi connectivity index (χ1) is 19.9. The molecule has 2 unspecified atom stereocenters. The fourth-order valence-electron chi connectivity index (χ4n) is 5.32. The Bertz CT molecular complexity index is 1090. The van der Waals surface area contributed by atoms with Gasteiger partial charge in [0.15, 0.2) is 0 Å². The van der Waals surface area contributed by atoms with Gasteiger partial charge in [0.1, 0.15) is 6.04 Å². The second kappa shape index (κ2) is 15.0. The van der Waals surface area contributed by atoms with Crippen molar-refractivity contribution >= 4 is 29.7 Å². The summed E-state index contributed by atoms with van der Waals surface area (Å²) in [5.41, 5.74) is 6.91. The summed E-state index contributed by atoms with van der Waals surface area (Å²) in [6, 6.07) is 7.68. The van der Waals surface area contributed by atoms with E-state index in [1.807, 2.05) is 58.0 Å². The van der Waals surface area contributed by atoms with Gasteiger partial charge in [-0.3, -0.25) is 19.2 Å². The molecule has 2 heterocycles. The fourth-order valence-corrected chi connectivity index (χ4v) is 5.32. The first-order valence-electron chi connectivity index (χ1n) is 14.7. The first kappa shape index (κ1) is 32.8. The lowest BCUT2D eigenvalue weighted by atomic mass is 9.72. The maximum absolute atomic E-state index is 12.9. The van der Waals surface area contributed by atoms with Gasteiger partial charge in [0.05, 0.1) is 25.2 Å². The van der Waals surface area contributed by atoms with Gasteiger partial charge >= 0.3 is 6.09 Å². The highest BCUT2D eigenvalue weighted by atomic mass is 16.6. The second-order valence-electron chi connectivity index (χ2n) is 12.2. The monoisotopic (exact) mass is 586 g/mol. The van der Waals surface area contributed by atoms with Crippen LogP contribution < -0.4 is 21.7 Å². The predicted molar refractivity (Wildman–Crippen MR) is 157 cm³/mol. The third kappa shape index (κ3) is 9.71. The summed E-state index contributed by atoms with van der Waals surface area (Å²) < 4.78 is 5.25. The maximum Gasteiger partial charge on any atom is 0.410 e. The standard InChI is InChI=1S/C30H46N6O6/c1-20(2)14-24(34-25(37)16-32-27(39)23(31)15-22-8-6-5-7-9-22)28(40)33-17-26(38)35-12-10-30(11-13-35)18-36(19-30)29(41)42-21(3)4/h5-9,20-21,23-24H,10-19,31H2,1-4H3,(H,32,39)(H,33,40)(H,34,37). The zero-order valence-corrected chi connectivity index (χ0v) is 25.2. The molecule has 232 valence electrons. The number of nitrogens with zero attached hydrogens (tertiary/aromatic N) is 2. The molecule has 42 heavy (non-hydrogen) atoms. The van der Waals surface area contributed by atoms with Crippen LogP contribution in [0.15, 0.2) is 30.3 Å². The second-order valence-corrected chi connectivity index (χ2v) is 12.2.